The molecule has 0 aromatic heterocycles. The van der Waals surface area contributed by atoms with Crippen LogP contribution in [0.15, 0.2) is 24.3 Å². The summed E-state index contributed by atoms with van der Waals surface area (Å²) in [4.78, 5) is 22.7. The number of nitrogens with one attached hydrogen (secondary N) is 2. The summed E-state index contributed by atoms with van der Waals surface area (Å²) in [6.45, 7) is 3.88. The van der Waals surface area contributed by atoms with Crippen LogP contribution in [0.3, 0.4) is 0 Å². The molecule has 0 fully saturated rings. The van der Waals surface area contributed by atoms with Crippen LogP contribution in [0.25, 0.3) is 0 Å². The third-order valence-electron chi connectivity index (χ3n) is 2.34. The van der Waals surface area contributed by atoms with Gasteiger partial charge in [0.2, 0.25) is 0 Å². The largest absolute Gasteiger partial charge is 0.392 e. The molecule has 2 amide bonds. The number of rotatable bonds is 4. The van der Waals surface area contributed by atoms with Gasteiger partial charge < -0.3 is 15.7 Å². The molecule has 98 valence electrons. The van der Waals surface area contributed by atoms with E-state index in [0.717, 1.165) is 11.1 Å². The zero-order chi connectivity index (χ0) is 13.5. The predicted octanol–water partition coefficient (Wildman–Crippen LogP) is 0.108. The van der Waals surface area contributed by atoms with Crippen LogP contribution in [-0.4, -0.2) is 29.6 Å². The smallest absolute Gasteiger partial charge is 0.309 e. The average Bonchev–Trinajstić information content (AvgIpc) is 2.34. The maximum atomic E-state index is 11.4. The molecule has 5 nitrogen and oxygen atoms in total. The van der Waals surface area contributed by atoms with Crippen molar-refractivity contribution in [2.24, 2.45) is 0 Å². The van der Waals surface area contributed by atoms with Crippen molar-refractivity contribution < 1.29 is 14.7 Å². The minimum Gasteiger partial charge on any atom is -0.392 e. The maximum absolute atomic E-state index is 11.4. The van der Waals surface area contributed by atoms with E-state index in [9.17, 15) is 9.59 Å². The lowest BCUT2D eigenvalue weighted by molar-refractivity contribution is -0.139. The normalized spacial score (nSPS) is 11.7. The lowest BCUT2D eigenvalue weighted by atomic mass is 10.1. The molecule has 1 aromatic rings. The zero-order valence-corrected chi connectivity index (χ0v) is 10.6. The summed E-state index contributed by atoms with van der Waals surface area (Å²) in [5.41, 5.74) is 2.07. The molecule has 0 aliphatic rings. The maximum Gasteiger partial charge on any atom is 0.309 e. The van der Waals surface area contributed by atoms with Crippen LogP contribution in [0.4, 0.5) is 0 Å². The Bertz CT molecular complexity index is 413. The first-order chi connectivity index (χ1) is 8.49. The average molecular weight is 250 g/mol. The van der Waals surface area contributed by atoms with Gasteiger partial charge in [-0.05, 0) is 19.4 Å². The molecule has 5 heteroatoms. The van der Waals surface area contributed by atoms with Gasteiger partial charge in [0.15, 0.2) is 0 Å². The van der Waals surface area contributed by atoms with Crippen LogP contribution >= 0.6 is 0 Å². The van der Waals surface area contributed by atoms with Gasteiger partial charge in [0.1, 0.15) is 0 Å². The van der Waals surface area contributed by atoms with Crippen molar-refractivity contribution in [1.29, 1.82) is 0 Å². The Morgan fingerprint density at radius 2 is 1.72 bits per heavy atom. The summed E-state index contributed by atoms with van der Waals surface area (Å²) in [6, 6.07) is 7.66. The highest BCUT2D eigenvalue weighted by atomic mass is 16.3. The molecule has 3 N–H and O–H groups in total. The van der Waals surface area contributed by atoms with Gasteiger partial charge in [-0.2, -0.15) is 0 Å². The minimum absolute atomic E-state index is 0.0663. The second-order valence-electron chi connectivity index (χ2n) is 4.23. The minimum atomic E-state index is -0.733. The van der Waals surface area contributed by atoms with Gasteiger partial charge in [-0.3, -0.25) is 9.59 Å². The summed E-state index contributed by atoms with van der Waals surface area (Å²) in [5, 5.41) is 13.8. The molecule has 1 rings (SSSR count). The Morgan fingerprint density at radius 3 is 2.28 bits per heavy atom. The fourth-order valence-electron chi connectivity index (χ4n) is 1.29. The molecule has 0 aliphatic carbocycles. The first-order valence-corrected chi connectivity index (χ1v) is 5.78. The molecule has 0 bridgehead atoms. The zero-order valence-electron chi connectivity index (χ0n) is 10.6. The Labute approximate surface area is 106 Å². The highest BCUT2D eigenvalue weighted by Crippen LogP contribution is 2.02. The molecule has 0 spiro atoms. The number of carbonyl (C=O) groups is 2. The summed E-state index contributed by atoms with van der Waals surface area (Å²) in [5.74, 6) is -1.43. The number of carbonyl (C=O) groups excluding carboxylic acids is 2. The summed E-state index contributed by atoms with van der Waals surface area (Å²) < 4.78 is 0. The number of hydrogen-bond donors (Lipinski definition) is 3. The number of amides is 2. The Balaban J connectivity index is 2.36. The third-order valence-corrected chi connectivity index (χ3v) is 2.34. The van der Waals surface area contributed by atoms with Crippen molar-refractivity contribution in [3.05, 3.63) is 35.4 Å². The third kappa shape index (κ3) is 4.97. The van der Waals surface area contributed by atoms with Gasteiger partial charge in [0.05, 0.1) is 6.10 Å². The summed E-state index contributed by atoms with van der Waals surface area (Å²) >= 11 is 0. The van der Waals surface area contributed by atoms with Crippen molar-refractivity contribution in [1.82, 2.24) is 10.6 Å². The number of hydrogen-bond acceptors (Lipinski definition) is 3. The van der Waals surface area contributed by atoms with E-state index in [1.54, 1.807) is 0 Å². The van der Waals surface area contributed by atoms with Crippen molar-refractivity contribution in [3.8, 4) is 0 Å². The van der Waals surface area contributed by atoms with Gasteiger partial charge in [-0.1, -0.05) is 29.8 Å². The quantitative estimate of drug-likeness (QED) is 0.664. The van der Waals surface area contributed by atoms with Crippen molar-refractivity contribution in [2.75, 3.05) is 6.54 Å². The summed E-state index contributed by atoms with van der Waals surface area (Å²) in [7, 11) is 0. The molecule has 0 radical (unpaired) electrons. The van der Waals surface area contributed by atoms with Crippen molar-refractivity contribution >= 4 is 11.8 Å². The van der Waals surface area contributed by atoms with Crippen LogP contribution in [0.5, 0.6) is 0 Å². The molecule has 0 unspecified atom stereocenters. The fourth-order valence-corrected chi connectivity index (χ4v) is 1.29. The standard InChI is InChI=1S/C13H18N2O3/c1-9-3-5-11(6-4-9)8-15-13(18)12(17)14-7-10(2)16/h3-6,10,16H,7-8H2,1-2H3,(H,14,17)(H,15,18)/t10-/m0/s1. The molecule has 0 aliphatic heterocycles. The number of aliphatic hydroxyl groups is 1. The number of benzene rings is 1. The molecule has 0 saturated heterocycles. The van der Waals surface area contributed by atoms with E-state index in [0.29, 0.717) is 6.54 Å². The van der Waals surface area contributed by atoms with Crippen LogP contribution in [0.2, 0.25) is 0 Å². The lowest BCUT2D eigenvalue weighted by Gasteiger charge is -2.08. The second-order valence-corrected chi connectivity index (χ2v) is 4.23. The Hall–Kier alpha value is -1.88. The molecular weight excluding hydrogens is 232 g/mol. The van der Waals surface area contributed by atoms with Gasteiger partial charge in [0.25, 0.3) is 0 Å². The van der Waals surface area contributed by atoms with Crippen LogP contribution in [0.1, 0.15) is 18.1 Å². The highest BCUT2D eigenvalue weighted by molar-refractivity contribution is 6.35. The monoisotopic (exact) mass is 250 g/mol. The van der Waals surface area contributed by atoms with E-state index in [-0.39, 0.29) is 6.54 Å². The van der Waals surface area contributed by atoms with E-state index < -0.39 is 17.9 Å². The molecule has 0 heterocycles. The Kier molecular flexibility index (Phi) is 5.32. The molecule has 1 aromatic carbocycles. The van der Waals surface area contributed by atoms with E-state index in [4.69, 9.17) is 5.11 Å². The van der Waals surface area contributed by atoms with E-state index >= 15 is 0 Å². The molecule has 0 saturated carbocycles. The predicted molar refractivity (Wildman–Crippen MR) is 67.7 cm³/mol. The SMILES string of the molecule is Cc1ccc(CNC(=O)C(=O)NC[C@H](C)O)cc1. The van der Waals surface area contributed by atoms with Gasteiger partial charge >= 0.3 is 11.8 Å². The Morgan fingerprint density at radius 1 is 1.17 bits per heavy atom. The first kappa shape index (κ1) is 14.2. The van der Waals surface area contributed by atoms with Crippen LogP contribution in [0, 0.1) is 6.92 Å². The van der Waals surface area contributed by atoms with E-state index in [1.807, 2.05) is 31.2 Å². The van der Waals surface area contributed by atoms with Gasteiger partial charge in [-0.25, -0.2) is 0 Å². The number of aryl methyl sites for hydroxylation is 1. The van der Waals surface area contributed by atoms with Gasteiger partial charge in [0, 0.05) is 13.1 Å². The lowest BCUT2D eigenvalue weighted by Crippen LogP contribution is -2.42. The van der Waals surface area contributed by atoms with E-state index in [2.05, 4.69) is 10.6 Å². The summed E-state index contributed by atoms with van der Waals surface area (Å²) in [6.07, 6.45) is -0.668. The van der Waals surface area contributed by atoms with Crippen molar-refractivity contribution in [3.63, 3.8) is 0 Å². The first-order valence-electron chi connectivity index (χ1n) is 5.78. The second kappa shape index (κ2) is 6.76. The topological polar surface area (TPSA) is 78.4 Å². The van der Waals surface area contributed by atoms with Crippen LogP contribution < -0.4 is 10.6 Å². The van der Waals surface area contributed by atoms with E-state index in [1.165, 1.54) is 6.92 Å². The fraction of sp³-hybridized carbons (Fsp3) is 0.385. The molecule has 18 heavy (non-hydrogen) atoms. The molecule has 1 atom stereocenters. The van der Waals surface area contributed by atoms with Crippen LogP contribution in [-0.2, 0) is 16.1 Å². The van der Waals surface area contributed by atoms with Gasteiger partial charge in [-0.15, -0.1) is 0 Å². The number of aliphatic hydroxyl groups excluding tert-OH is 1. The molecular formula is C13H18N2O3. The highest BCUT2D eigenvalue weighted by Gasteiger charge is 2.12. The van der Waals surface area contributed by atoms with Crippen molar-refractivity contribution in [2.45, 2.75) is 26.5 Å².